The SMILES string of the molecule is CCC1CC2CC3CCN(C)CC3CC2C1. The molecule has 0 N–H and O–H groups in total. The number of fused-ring (bicyclic) bond motifs is 2. The summed E-state index contributed by atoms with van der Waals surface area (Å²) in [6.45, 7) is 5.14. The van der Waals surface area contributed by atoms with Crippen LogP contribution in [0.25, 0.3) is 0 Å². The topological polar surface area (TPSA) is 3.24 Å². The molecule has 1 heteroatoms. The van der Waals surface area contributed by atoms with Gasteiger partial charge in [-0.2, -0.15) is 0 Å². The predicted octanol–water partition coefficient (Wildman–Crippen LogP) is 3.40. The van der Waals surface area contributed by atoms with Gasteiger partial charge >= 0.3 is 0 Å². The van der Waals surface area contributed by atoms with E-state index in [0.717, 1.165) is 29.6 Å². The lowest BCUT2D eigenvalue weighted by Crippen LogP contribution is -2.42. The molecule has 1 aliphatic heterocycles. The van der Waals surface area contributed by atoms with Crippen LogP contribution in [0.2, 0.25) is 0 Å². The monoisotopic (exact) mass is 221 g/mol. The third-order valence-electron chi connectivity index (χ3n) is 5.82. The Labute approximate surface area is 101 Å². The van der Waals surface area contributed by atoms with Gasteiger partial charge in [0.25, 0.3) is 0 Å². The van der Waals surface area contributed by atoms with Gasteiger partial charge in [-0.05, 0) is 75.3 Å². The van der Waals surface area contributed by atoms with Crippen LogP contribution in [0.4, 0.5) is 0 Å². The Morgan fingerprint density at radius 3 is 2.31 bits per heavy atom. The van der Waals surface area contributed by atoms with Crippen LogP contribution in [0.3, 0.4) is 0 Å². The van der Waals surface area contributed by atoms with Gasteiger partial charge in [0.1, 0.15) is 0 Å². The average molecular weight is 221 g/mol. The highest BCUT2D eigenvalue weighted by Crippen LogP contribution is 2.51. The lowest BCUT2D eigenvalue weighted by Gasteiger charge is -2.44. The second-order valence-electron chi connectivity index (χ2n) is 6.81. The van der Waals surface area contributed by atoms with Gasteiger partial charge in [-0.15, -0.1) is 0 Å². The Morgan fingerprint density at radius 1 is 0.938 bits per heavy atom. The average Bonchev–Trinajstić information content (AvgIpc) is 2.67. The van der Waals surface area contributed by atoms with Crippen LogP contribution in [-0.2, 0) is 0 Å². The summed E-state index contributed by atoms with van der Waals surface area (Å²) in [6.07, 6.45) is 9.20. The maximum Gasteiger partial charge on any atom is 0.000937 e. The summed E-state index contributed by atoms with van der Waals surface area (Å²) in [7, 11) is 2.31. The second kappa shape index (κ2) is 4.33. The number of likely N-dealkylation sites (tertiary alicyclic amines) is 1. The molecular weight excluding hydrogens is 194 g/mol. The van der Waals surface area contributed by atoms with Crippen molar-refractivity contribution in [3.8, 4) is 0 Å². The van der Waals surface area contributed by atoms with Gasteiger partial charge in [-0.3, -0.25) is 0 Å². The maximum atomic E-state index is 2.56. The van der Waals surface area contributed by atoms with Crippen molar-refractivity contribution in [1.82, 2.24) is 4.90 Å². The first-order chi connectivity index (χ1) is 7.76. The van der Waals surface area contributed by atoms with Gasteiger partial charge in [0.2, 0.25) is 0 Å². The largest absolute Gasteiger partial charge is 0.306 e. The van der Waals surface area contributed by atoms with Crippen molar-refractivity contribution in [2.75, 3.05) is 20.1 Å². The molecule has 0 radical (unpaired) electrons. The van der Waals surface area contributed by atoms with Crippen LogP contribution in [0.15, 0.2) is 0 Å². The zero-order valence-electron chi connectivity index (χ0n) is 11.0. The highest BCUT2D eigenvalue weighted by Gasteiger charge is 2.43. The van der Waals surface area contributed by atoms with Crippen molar-refractivity contribution >= 4 is 0 Å². The summed E-state index contributed by atoms with van der Waals surface area (Å²) in [5.74, 6) is 5.45. The van der Waals surface area contributed by atoms with Crippen LogP contribution in [-0.4, -0.2) is 25.0 Å². The van der Waals surface area contributed by atoms with E-state index in [1.165, 1.54) is 25.9 Å². The fourth-order valence-corrected chi connectivity index (χ4v) is 4.87. The number of hydrogen-bond donors (Lipinski definition) is 0. The van der Waals surface area contributed by atoms with Crippen LogP contribution in [0.1, 0.15) is 45.4 Å². The van der Waals surface area contributed by atoms with E-state index in [1.54, 1.807) is 25.7 Å². The summed E-state index contributed by atoms with van der Waals surface area (Å²) < 4.78 is 0. The highest BCUT2D eigenvalue weighted by molar-refractivity contribution is 4.94. The zero-order chi connectivity index (χ0) is 11.1. The molecule has 2 aliphatic carbocycles. The Morgan fingerprint density at radius 2 is 1.62 bits per heavy atom. The molecule has 0 bridgehead atoms. The molecule has 2 saturated carbocycles. The van der Waals surface area contributed by atoms with Gasteiger partial charge in [-0.1, -0.05) is 13.3 Å². The van der Waals surface area contributed by atoms with E-state index >= 15 is 0 Å². The minimum absolute atomic E-state index is 1.05. The van der Waals surface area contributed by atoms with Gasteiger partial charge in [0.15, 0.2) is 0 Å². The number of nitrogens with zero attached hydrogens (tertiary/aromatic N) is 1. The summed E-state index contributed by atoms with van der Waals surface area (Å²) in [4.78, 5) is 2.56. The molecule has 3 rings (SSSR count). The standard InChI is InChI=1S/C15H27N/c1-3-11-6-13-8-12-4-5-16(2)10-15(12)9-14(13)7-11/h11-15H,3-10H2,1-2H3. The fraction of sp³-hybridized carbons (Fsp3) is 1.00. The van der Waals surface area contributed by atoms with E-state index in [1.807, 2.05) is 0 Å². The zero-order valence-corrected chi connectivity index (χ0v) is 11.0. The van der Waals surface area contributed by atoms with Gasteiger partial charge in [0.05, 0.1) is 0 Å². The Bertz CT molecular complexity index is 250. The molecule has 0 aromatic rings. The summed E-state index contributed by atoms with van der Waals surface area (Å²) in [5, 5.41) is 0. The lowest BCUT2D eigenvalue weighted by atomic mass is 9.67. The first-order valence-corrected chi connectivity index (χ1v) is 7.44. The van der Waals surface area contributed by atoms with Crippen LogP contribution >= 0.6 is 0 Å². The van der Waals surface area contributed by atoms with Crippen molar-refractivity contribution in [2.24, 2.45) is 29.6 Å². The van der Waals surface area contributed by atoms with Crippen molar-refractivity contribution in [3.63, 3.8) is 0 Å². The van der Waals surface area contributed by atoms with E-state index in [2.05, 4.69) is 18.9 Å². The van der Waals surface area contributed by atoms with Crippen molar-refractivity contribution in [3.05, 3.63) is 0 Å². The molecular formula is C15H27N. The minimum Gasteiger partial charge on any atom is -0.306 e. The molecule has 3 aliphatic rings. The molecule has 1 saturated heterocycles. The van der Waals surface area contributed by atoms with E-state index in [-0.39, 0.29) is 0 Å². The minimum atomic E-state index is 1.05. The molecule has 92 valence electrons. The van der Waals surface area contributed by atoms with E-state index in [0.29, 0.717) is 0 Å². The van der Waals surface area contributed by atoms with Gasteiger partial charge in [-0.25, -0.2) is 0 Å². The first-order valence-electron chi connectivity index (χ1n) is 7.44. The molecule has 1 nitrogen and oxygen atoms in total. The normalized spacial score (nSPS) is 48.8. The third-order valence-corrected chi connectivity index (χ3v) is 5.82. The number of piperidine rings is 1. The molecule has 3 fully saturated rings. The summed E-state index contributed by atoms with van der Waals surface area (Å²) in [5.41, 5.74) is 0. The summed E-state index contributed by atoms with van der Waals surface area (Å²) in [6, 6.07) is 0. The highest BCUT2D eigenvalue weighted by atomic mass is 15.1. The fourth-order valence-electron chi connectivity index (χ4n) is 4.87. The van der Waals surface area contributed by atoms with Gasteiger partial charge in [0, 0.05) is 6.54 Å². The van der Waals surface area contributed by atoms with Crippen LogP contribution in [0.5, 0.6) is 0 Å². The first kappa shape index (κ1) is 11.1. The quantitative estimate of drug-likeness (QED) is 0.656. The Hall–Kier alpha value is -0.0400. The predicted molar refractivity (Wildman–Crippen MR) is 68.3 cm³/mol. The summed E-state index contributed by atoms with van der Waals surface area (Å²) >= 11 is 0. The Kier molecular flexibility index (Phi) is 2.99. The molecule has 0 spiro atoms. The lowest BCUT2D eigenvalue weighted by molar-refractivity contribution is 0.0554. The van der Waals surface area contributed by atoms with E-state index < -0.39 is 0 Å². The van der Waals surface area contributed by atoms with Crippen molar-refractivity contribution in [2.45, 2.75) is 45.4 Å². The van der Waals surface area contributed by atoms with Gasteiger partial charge < -0.3 is 4.90 Å². The van der Waals surface area contributed by atoms with Crippen molar-refractivity contribution < 1.29 is 0 Å². The van der Waals surface area contributed by atoms with E-state index in [9.17, 15) is 0 Å². The van der Waals surface area contributed by atoms with Crippen LogP contribution in [0, 0.1) is 29.6 Å². The molecule has 16 heavy (non-hydrogen) atoms. The van der Waals surface area contributed by atoms with Crippen LogP contribution < -0.4 is 0 Å². The number of rotatable bonds is 1. The van der Waals surface area contributed by atoms with Crippen molar-refractivity contribution in [1.29, 1.82) is 0 Å². The molecule has 5 atom stereocenters. The maximum absolute atomic E-state index is 2.56. The third kappa shape index (κ3) is 1.92. The molecule has 5 unspecified atom stereocenters. The molecule has 0 aromatic carbocycles. The van der Waals surface area contributed by atoms with E-state index in [4.69, 9.17) is 0 Å². The molecule has 0 aromatic heterocycles. The molecule has 1 heterocycles. The number of hydrogen-bond acceptors (Lipinski definition) is 1. The second-order valence-corrected chi connectivity index (χ2v) is 6.81. The molecule has 0 amide bonds. The smallest absolute Gasteiger partial charge is 0.000937 e. The Balaban J connectivity index is 1.66.